The lowest BCUT2D eigenvalue weighted by Crippen LogP contribution is -2.34. The van der Waals surface area contributed by atoms with Crippen molar-refractivity contribution in [1.29, 1.82) is 0 Å². The van der Waals surface area contributed by atoms with E-state index in [1.165, 1.54) is 50.3 Å². The van der Waals surface area contributed by atoms with Gasteiger partial charge in [0.2, 0.25) is 5.91 Å². The van der Waals surface area contributed by atoms with E-state index in [1.807, 2.05) is 0 Å². The van der Waals surface area contributed by atoms with Gasteiger partial charge in [0.15, 0.2) is 6.61 Å². The molecule has 0 saturated heterocycles. The van der Waals surface area contributed by atoms with Crippen molar-refractivity contribution in [3.63, 3.8) is 0 Å². The molecule has 1 aliphatic rings. The third-order valence-electron chi connectivity index (χ3n) is 5.72. The van der Waals surface area contributed by atoms with Gasteiger partial charge in [-0.15, -0.1) is 11.8 Å². The molecule has 3 amide bonds. The summed E-state index contributed by atoms with van der Waals surface area (Å²) in [6.45, 7) is 0.0784. The number of hydrogen-bond acceptors (Lipinski definition) is 7. The molecule has 0 heterocycles. The summed E-state index contributed by atoms with van der Waals surface area (Å²) in [5.74, 6) is -0.839. The molecule has 2 N–H and O–H groups in total. The summed E-state index contributed by atoms with van der Waals surface area (Å²) in [6.07, 6.45) is 6.02. The molecule has 0 atom stereocenters. The fourth-order valence-corrected chi connectivity index (χ4v) is 4.66. The van der Waals surface area contributed by atoms with E-state index in [1.54, 1.807) is 36.4 Å². The molecule has 0 radical (unpaired) electrons. The maximum atomic E-state index is 12.6. The average molecular weight is 499 g/mol. The van der Waals surface area contributed by atoms with Gasteiger partial charge in [0.25, 0.3) is 11.8 Å². The van der Waals surface area contributed by atoms with E-state index in [4.69, 9.17) is 9.47 Å². The van der Waals surface area contributed by atoms with Crippen molar-refractivity contribution < 1.29 is 28.7 Å². The van der Waals surface area contributed by atoms with Gasteiger partial charge in [-0.05, 0) is 55.2 Å². The second kappa shape index (κ2) is 13.5. The van der Waals surface area contributed by atoms with Gasteiger partial charge in [0.1, 0.15) is 5.75 Å². The minimum atomic E-state index is -0.744. The minimum Gasteiger partial charge on any atom is -0.497 e. The summed E-state index contributed by atoms with van der Waals surface area (Å²) in [7, 11) is 1.51. The number of carbonyl (C=O) groups is 4. The first kappa shape index (κ1) is 26.3. The van der Waals surface area contributed by atoms with Crippen molar-refractivity contribution >= 4 is 35.5 Å². The normalized spacial score (nSPS) is 13.5. The lowest BCUT2D eigenvalue weighted by molar-refractivity contribution is -0.123. The largest absolute Gasteiger partial charge is 0.497 e. The number of esters is 1. The van der Waals surface area contributed by atoms with Gasteiger partial charge in [-0.3, -0.25) is 19.7 Å². The third kappa shape index (κ3) is 8.43. The monoisotopic (exact) mass is 498 g/mol. The highest BCUT2D eigenvalue weighted by atomic mass is 32.2. The minimum absolute atomic E-state index is 0.0832. The van der Waals surface area contributed by atoms with Crippen molar-refractivity contribution in [3.05, 3.63) is 59.7 Å². The first-order valence-electron chi connectivity index (χ1n) is 11.6. The second-order valence-corrected chi connectivity index (χ2v) is 9.29. The fourth-order valence-electron chi connectivity index (χ4n) is 3.79. The predicted octanol–water partition coefficient (Wildman–Crippen LogP) is 3.60. The Balaban J connectivity index is 1.45. The summed E-state index contributed by atoms with van der Waals surface area (Å²) in [5, 5.41) is 5.16. The molecule has 8 nitrogen and oxygen atoms in total. The van der Waals surface area contributed by atoms with Crippen LogP contribution in [0.25, 0.3) is 0 Å². The lowest BCUT2D eigenvalue weighted by atomic mass is 9.89. The van der Waals surface area contributed by atoms with Crippen LogP contribution >= 0.6 is 11.8 Å². The maximum absolute atomic E-state index is 12.6. The van der Waals surface area contributed by atoms with Crippen molar-refractivity contribution in [2.75, 3.05) is 26.0 Å². The van der Waals surface area contributed by atoms with Crippen molar-refractivity contribution in [1.82, 2.24) is 10.6 Å². The van der Waals surface area contributed by atoms with Gasteiger partial charge in [-0.1, -0.05) is 31.4 Å². The van der Waals surface area contributed by atoms with Crippen LogP contribution in [0.15, 0.2) is 53.4 Å². The van der Waals surface area contributed by atoms with Crippen LogP contribution in [0.4, 0.5) is 0 Å². The second-order valence-electron chi connectivity index (χ2n) is 8.27. The molecular formula is C26H30N2O6S. The van der Waals surface area contributed by atoms with Gasteiger partial charge in [0.05, 0.1) is 18.4 Å². The van der Waals surface area contributed by atoms with E-state index < -0.39 is 24.4 Å². The molecule has 0 aliphatic heterocycles. The highest BCUT2D eigenvalue weighted by molar-refractivity contribution is 8.00. The zero-order valence-electron chi connectivity index (χ0n) is 19.7. The quantitative estimate of drug-likeness (QED) is 0.380. The fraction of sp³-hybridized carbons (Fsp3) is 0.385. The van der Waals surface area contributed by atoms with Crippen molar-refractivity contribution in [2.24, 2.45) is 5.92 Å². The predicted molar refractivity (Wildman–Crippen MR) is 133 cm³/mol. The summed E-state index contributed by atoms with van der Waals surface area (Å²) >= 11 is 1.24. The maximum Gasteiger partial charge on any atom is 0.339 e. The van der Waals surface area contributed by atoms with Crippen molar-refractivity contribution in [3.8, 4) is 5.75 Å². The highest BCUT2D eigenvalue weighted by Crippen LogP contribution is 2.24. The van der Waals surface area contributed by atoms with Crippen LogP contribution in [0.3, 0.4) is 0 Å². The van der Waals surface area contributed by atoms with Gasteiger partial charge >= 0.3 is 5.97 Å². The van der Waals surface area contributed by atoms with Crippen LogP contribution < -0.4 is 15.4 Å². The average Bonchev–Trinajstić information content (AvgIpc) is 2.90. The highest BCUT2D eigenvalue weighted by Gasteiger charge is 2.18. The smallest absolute Gasteiger partial charge is 0.339 e. The van der Waals surface area contributed by atoms with Crippen LogP contribution in [0.1, 0.15) is 52.8 Å². The Morgan fingerprint density at radius 3 is 2.37 bits per heavy atom. The molecule has 3 rings (SSSR count). The Bertz CT molecular complexity index is 1030. The van der Waals surface area contributed by atoms with E-state index >= 15 is 0 Å². The van der Waals surface area contributed by atoms with E-state index in [0.717, 1.165) is 12.8 Å². The Labute approximate surface area is 209 Å². The molecule has 0 spiro atoms. The number of amides is 3. The summed E-state index contributed by atoms with van der Waals surface area (Å²) < 4.78 is 10.1. The van der Waals surface area contributed by atoms with E-state index in [0.29, 0.717) is 23.1 Å². The topological polar surface area (TPSA) is 111 Å². The number of hydrogen-bond donors (Lipinski definition) is 2. The number of benzene rings is 2. The molecule has 1 aliphatic carbocycles. The molecule has 1 saturated carbocycles. The Morgan fingerprint density at radius 2 is 1.66 bits per heavy atom. The standard InChI is InChI=1S/C26H30N2O6S/c1-33-20-13-11-19(12-14-20)25(31)28-23(29)16-34-26(32)21-9-5-6-10-22(21)35-17-24(30)27-15-18-7-3-2-4-8-18/h5-6,9-14,18H,2-4,7-8,15-17H2,1H3,(H,27,30)(H,28,29,31). The molecule has 186 valence electrons. The molecule has 35 heavy (non-hydrogen) atoms. The summed E-state index contributed by atoms with van der Waals surface area (Å²) in [4.78, 5) is 49.7. The lowest BCUT2D eigenvalue weighted by Gasteiger charge is -2.21. The summed E-state index contributed by atoms with van der Waals surface area (Å²) in [6, 6.07) is 13.0. The molecule has 0 aromatic heterocycles. The van der Waals surface area contributed by atoms with E-state index in [-0.39, 0.29) is 22.8 Å². The molecule has 1 fully saturated rings. The van der Waals surface area contributed by atoms with Gasteiger partial charge in [-0.2, -0.15) is 0 Å². The summed E-state index contributed by atoms with van der Waals surface area (Å²) in [5.41, 5.74) is 0.529. The number of thioether (sulfide) groups is 1. The molecule has 2 aromatic rings. The Kier molecular flexibility index (Phi) is 10.2. The SMILES string of the molecule is COc1ccc(C(=O)NC(=O)COC(=O)c2ccccc2SCC(=O)NCC2CCCCC2)cc1. The molecule has 2 aromatic carbocycles. The first-order chi connectivity index (χ1) is 17.0. The number of nitrogens with one attached hydrogen (secondary N) is 2. The number of ether oxygens (including phenoxy) is 2. The zero-order valence-corrected chi connectivity index (χ0v) is 20.5. The van der Waals surface area contributed by atoms with Crippen molar-refractivity contribution in [2.45, 2.75) is 37.0 Å². The number of rotatable bonds is 10. The van der Waals surface area contributed by atoms with Gasteiger partial charge < -0.3 is 14.8 Å². The van der Waals surface area contributed by atoms with Crippen LogP contribution in [-0.4, -0.2) is 49.7 Å². The van der Waals surface area contributed by atoms with Crippen LogP contribution in [0.2, 0.25) is 0 Å². The van der Waals surface area contributed by atoms with Crippen LogP contribution in [0, 0.1) is 5.92 Å². The third-order valence-corrected chi connectivity index (χ3v) is 6.79. The number of imide groups is 1. The zero-order chi connectivity index (χ0) is 25.0. The van der Waals surface area contributed by atoms with Gasteiger partial charge in [-0.25, -0.2) is 4.79 Å². The van der Waals surface area contributed by atoms with E-state index in [9.17, 15) is 19.2 Å². The molecular weight excluding hydrogens is 468 g/mol. The Morgan fingerprint density at radius 1 is 0.943 bits per heavy atom. The first-order valence-corrected chi connectivity index (χ1v) is 12.6. The van der Waals surface area contributed by atoms with Crippen LogP contribution in [-0.2, 0) is 14.3 Å². The van der Waals surface area contributed by atoms with E-state index in [2.05, 4.69) is 10.6 Å². The van der Waals surface area contributed by atoms with Gasteiger partial charge in [0, 0.05) is 17.0 Å². The number of carbonyl (C=O) groups excluding carboxylic acids is 4. The number of methoxy groups -OCH3 is 1. The molecule has 0 bridgehead atoms. The Hall–Kier alpha value is -3.33. The molecule has 0 unspecified atom stereocenters. The molecule has 9 heteroatoms. The van der Waals surface area contributed by atoms with Crippen LogP contribution in [0.5, 0.6) is 5.75 Å².